The van der Waals surface area contributed by atoms with Gasteiger partial charge in [0, 0.05) is 16.5 Å². The van der Waals surface area contributed by atoms with Crippen molar-refractivity contribution in [2.75, 3.05) is 26.8 Å². The van der Waals surface area contributed by atoms with E-state index < -0.39 is 0 Å². The van der Waals surface area contributed by atoms with Gasteiger partial charge in [-0.2, -0.15) is 5.10 Å². The van der Waals surface area contributed by atoms with E-state index in [1.54, 1.807) is 44.9 Å². The van der Waals surface area contributed by atoms with E-state index in [1.807, 2.05) is 24.3 Å². The molecule has 1 N–H and O–H groups in total. The van der Waals surface area contributed by atoms with Gasteiger partial charge in [0.05, 0.1) is 32.9 Å². The molecule has 2 heterocycles. The summed E-state index contributed by atoms with van der Waals surface area (Å²) >= 11 is 1.57. The van der Waals surface area contributed by atoms with Crippen molar-refractivity contribution in [1.82, 2.24) is 9.97 Å². The number of aromatic nitrogens is 2. The molecule has 0 radical (unpaired) electrons. The Labute approximate surface area is 178 Å². The average Bonchev–Trinajstić information content (AvgIpc) is 3.24. The molecule has 4 rings (SSSR count). The summed E-state index contributed by atoms with van der Waals surface area (Å²) in [5.41, 5.74) is 5.96. The third-order valence-corrected chi connectivity index (χ3v) is 5.45. The number of rotatable bonds is 7. The molecule has 8 heteroatoms. The first kappa shape index (κ1) is 19.7. The van der Waals surface area contributed by atoms with Crippen LogP contribution in [0.2, 0.25) is 0 Å². The Morgan fingerprint density at radius 2 is 1.73 bits per heavy atom. The maximum absolute atomic E-state index is 5.50. The second-order valence-electron chi connectivity index (χ2n) is 6.21. The van der Waals surface area contributed by atoms with Gasteiger partial charge in [-0.1, -0.05) is 30.3 Å². The third kappa shape index (κ3) is 3.65. The highest BCUT2D eigenvalue weighted by molar-refractivity contribution is 7.17. The van der Waals surface area contributed by atoms with Crippen LogP contribution in [0.25, 0.3) is 21.3 Å². The lowest BCUT2D eigenvalue weighted by Crippen LogP contribution is -2.00. The van der Waals surface area contributed by atoms with E-state index in [9.17, 15) is 0 Å². The van der Waals surface area contributed by atoms with E-state index in [-0.39, 0.29) is 0 Å². The summed E-state index contributed by atoms with van der Waals surface area (Å²) in [7, 11) is 4.73. The molecule has 30 heavy (non-hydrogen) atoms. The number of benzene rings is 2. The standard InChI is InChI=1S/C22H20N4O3S/c1-27-17-10-9-15(19(28-2)20(17)29-3)11-25-26-21-18-16(14-7-5-4-6-8-14)12-30-22(18)24-13-23-21/h4-13H,1-3H3,(H,23,24,26)/b25-11-. The Morgan fingerprint density at radius 3 is 2.47 bits per heavy atom. The van der Waals surface area contributed by atoms with Gasteiger partial charge >= 0.3 is 0 Å². The van der Waals surface area contributed by atoms with Crippen LogP contribution in [-0.4, -0.2) is 37.5 Å². The maximum atomic E-state index is 5.50. The number of nitrogens with one attached hydrogen (secondary N) is 1. The second-order valence-corrected chi connectivity index (χ2v) is 7.07. The van der Waals surface area contributed by atoms with E-state index in [0.717, 1.165) is 26.9 Å². The van der Waals surface area contributed by atoms with Gasteiger partial charge in [0.1, 0.15) is 11.2 Å². The molecule has 0 saturated heterocycles. The number of hydrogen-bond acceptors (Lipinski definition) is 8. The minimum atomic E-state index is 0.512. The number of methoxy groups -OCH3 is 3. The number of fused-ring (bicyclic) bond motifs is 1. The summed E-state index contributed by atoms with van der Waals surface area (Å²) in [6.07, 6.45) is 3.19. The van der Waals surface area contributed by atoms with Gasteiger partial charge in [0.2, 0.25) is 5.75 Å². The van der Waals surface area contributed by atoms with Crippen molar-refractivity contribution in [2.24, 2.45) is 5.10 Å². The number of ether oxygens (including phenoxy) is 3. The molecule has 0 saturated carbocycles. The maximum Gasteiger partial charge on any atom is 0.203 e. The summed E-state index contributed by atoms with van der Waals surface area (Å²) in [5, 5.41) is 7.40. The highest BCUT2D eigenvalue weighted by atomic mass is 32.1. The molecule has 0 amide bonds. The highest BCUT2D eigenvalue weighted by Gasteiger charge is 2.15. The molecule has 4 aromatic rings. The molecule has 0 atom stereocenters. The Hall–Kier alpha value is -3.65. The first-order valence-corrected chi connectivity index (χ1v) is 10.0. The van der Waals surface area contributed by atoms with Crippen LogP contribution in [0.15, 0.2) is 59.3 Å². The van der Waals surface area contributed by atoms with Gasteiger partial charge in [-0.3, -0.25) is 5.43 Å². The summed E-state index contributed by atoms with van der Waals surface area (Å²) in [6.45, 7) is 0. The van der Waals surface area contributed by atoms with Crippen molar-refractivity contribution in [1.29, 1.82) is 0 Å². The molecule has 0 aliphatic carbocycles. The van der Waals surface area contributed by atoms with Gasteiger partial charge in [-0.05, 0) is 17.7 Å². The van der Waals surface area contributed by atoms with Crippen molar-refractivity contribution < 1.29 is 14.2 Å². The summed E-state index contributed by atoms with van der Waals surface area (Å²) in [6, 6.07) is 13.8. The van der Waals surface area contributed by atoms with Crippen molar-refractivity contribution in [3.63, 3.8) is 0 Å². The molecular formula is C22H20N4O3S. The minimum absolute atomic E-state index is 0.512. The third-order valence-electron chi connectivity index (χ3n) is 4.56. The van der Waals surface area contributed by atoms with Crippen LogP contribution in [0.5, 0.6) is 17.2 Å². The van der Waals surface area contributed by atoms with Crippen molar-refractivity contribution in [2.45, 2.75) is 0 Å². The van der Waals surface area contributed by atoms with Crippen molar-refractivity contribution >= 4 is 33.6 Å². The van der Waals surface area contributed by atoms with Gasteiger partial charge in [0.25, 0.3) is 0 Å². The fourth-order valence-electron chi connectivity index (χ4n) is 3.18. The van der Waals surface area contributed by atoms with Gasteiger partial charge in [0.15, 0.2) is 17.3 Å². The molecule has 7 nitrogen and oxygen atoms in total. The Balaban J connectivity index is 1.68. The number of nitrogens with zero attached hydrogens (tertiary/aromatic N) is 3. The first-order valence-electron chi connectivity index (χ1n) is 9.12. The van der Waals surface area contributed by atoms with E-state index in [4.69, 9.17) is 14.2 Å². The van der Waals surface area contributed by atoms with Gasteiger partial charge in [-0.15, -0.1) is 11.3 Å². The van der Waals surface area contributed by atoms with E-state index in [1.165, 1.54) is 6.33 Å². The summed E-state index contributed by atoms with van der Waals surface area (Å²) in [5.74, 6) is 2.27. The van der Waals surface area contributed by atoms with Crippen LogP contribution in [-0.2, 0) is 0 Å². The van der Waals surface area contributed by atoms with E-state index in [0.29, 0.717) is 23.1 Å². The average molecular weight is 420 g/mol. The minimum Gasteiger partial charge on any atom is -0.493 e. The number of anilines is 1. The Kier molecular flexibility index (Phi) is 5.76. The lowest BCUT2D eigenvalue weighted by Gasteiger charge is -2.13. The van der Waals surface area contributed by atoms with Gasteiger partial charge in [-0.25, -0.2) is 9.97 Å². The van der Waals surface area contributed by atoms with Crippen LogP contribution in [0, 0.1) is 0 Å². The number of hydrazone groups is 1. The predicted octanol–water partition coefficient (Wildman–Crippen LogP) is 4.83. The molecular weight excluding hydrogens is 400 g/mol. The zero-order valence-electron chi connectivity index (χ0n) is 16.7. The second kappa shape index (κ2) is 8.79. The predicted molar refractivity (Wildman–Crippen MR) is 120 cm³/mol. The van der Waals surface area contributed by atoms with Gasteiger partial charge < -0.3 is 14.2 Å². The quantitative estimate of drug-likeness (QED) is 0.341. The molecule has 2 aromatic carbocycles. The van der Waals surface area contributed by atoms with E-state index >= 15 is 0 Å². The molecule has 0 aliphatic rings. The van der Waals surface area contributed by atoms with E-state index in [2.05, 4.69) is 38.0 Å². The molecule has 152 valence electrons. The zero-order chi connectivity index (χ0) is 20.9. The molecule has 0 fully saturated rings. The van der Waals surface area contributed by atoms with Crippen molar-refractivity contribution in [3.05, 3.63) is 59.7 Å². The van der Waals surface area contributed by atoms with Crippen LogP contribution >= 0.6 is 11.3 Å². The largest absolute Gasteiger partial charge is 0.493 e. The summed E-state index contributed by atoms with van der Waals surface area (Å²) in [4.78, 5) is 9.68. The van der Waals surface area contributed by atoms with Crippen LogP contribution < -0.4 is 19.6 Å². The molecule has 0 bridgehead atoms. The number of hydrogen-bond donors (Lipinski definition) is 1. The van der Waals surface area contributed by atoms with Crippen LogP contribution in [0.3, 0.4) is 0 Å². The molecule has 2 aromatic heterocycles. The van der Waals surface area contributed by atoms with Crippen LogP contribution in [0.1, 0.15) is 5.56 Å². The highest BCUT2D eigenvalue weighted by Crippen LogP contribution is 2.39. The van der Waals surface area contributed by atoms with Crippen LogP contribution in [0.4, 0.5) is 5.82 Å². The monoisotopic (exact) mass is 420 g/mol. The zero-order valence-corrected chi connectivity index (χ0v) is 17.6. The first-order chi connectivity index (χ1) is 14.8. The fourth-order valence-corrected chi connectivity index (χ4v) is 4.09. The molecule has 0 aliphatic heterocycles. The lowest BCUT2D eigenvalue weighted by molar-refractivity contribution is 0.324. The summed E-state index contributed by atoms with van der Waals surface area (Å²) < 4.78 is 16.2. The lowest BCUT2D eigenvalue weighted by atomic mass is 10.1. The number of thiophene rings is 1. The Morgan fingerprint density at radius 1 is 0.933 bits per heavy atom. The van der Waals surface area contributed by atoms with Crippen molar-refractivity contribution in [3.8, 4) is 28.4 Å². The SMILES string of the molecule is COc1ccc(/C=N\Nc2ncnc3scc(-c4ccccc4)c23)c(OC)c1OC. The topological polar surface area (TPSA) is 77.9 Å². The smallest absolute Gasteiger partial charge is 0.203 e. The molecule has 0 unspecified atom stereocenters. The fraction of sp³-hybridized carbons (Fsp3) is 0.136. The Bertz CT molecular complexity index is 1190. The molecule has 0 spiro atoms. The normalized spacial score (nSPS) is 11.0.